The summed E-state index contributed by atoms with van der Waals surface area (Å²) in [6.45, 7) is 11.1. The van der Waals surface area contributed by atoms with Crippen molar-refractivity contribution >= 4 is 11.9 Å². The van der Waals surface area contributed by atoms with Gasteiger partial charge in [-0.05, 0) is 60.4 Å². The summed E-state index contributed by atoms with van der Waals surface area (Å²) in [6.07, 6.45) is 4.01. The van der Waals surface area contributed by atoms with Crippen molar-refractivity contribution in [2.24, 2.45) is 11.8 Å². The molecule has 0 saturated carbocycles. The number of likely N-dealkylation sites (tertiary alicyclic amines) is 1. The SMILES string of the molecule is CCc1ccc(/C=C2/Oc3c(CN4CC(C)CC(C)C4)c(O)cc(C)c3C2=O)cc1. The van der Waals surface area contributed by atoms with Gasteiger partial charge in [0.05, 0.1) is 11.1 Å². The summed E-state index contributed by atoms with van der Waals surface area (Å²) in [4.78, 5) is 15.5. The molecule has 2 aromatic rings. The Balaban J connectivity index is 1.66. The molecule has 2 aromatic carbocycles. The van der Waals surface area contributed by atoms with Crippen LogP contribution in [0.4, 0.5) is 0 Å². The van der Waals surface area contributed by atoms with Crippen molar-refractivity contribution in [1.82, 2.24) is 4.90 Å². The van der Waals surface area contributed by atoms with Gasteiger partial charge in [-0.1, -0.05) is 45.0 Å². The molecule has 4 nitrogen and oxygen atoms in total. The molecule has 2 unspecified atom stereocenters. The molecule has 0 spiro atoms. The zero-order chi connectivity index (χ0) is 21.4. The van der Waals surface area contributed by atoms with Gasteiger partial charge in [0.2, 0.25) is 5.78 Å². The number of allylic oxidation sites excluding steroid dienone is 1. The third-order valence-electron chi connectivity index (χ3n) is 6.23. The van der Waals surface area contributed by atoms with Crippen LogP contribution >= 0.6 is 0 Å². The topological polar surface area (TPSA) is 49.8 Å². The summed E-state index contributed by atoms with van der Waals surface area (Å²) in [5.41, 5.74) is 4.24. The van der Waals surface area contributed by atoms with E-state index in [2.05, 4.69) is 37.8 Å². The molecule has 1 fully saturated rings. The summed E-state index contributed by atoms with van der Waals surface area (Å²) in [6, 6.07) is 9.85. The van der Waals surface area contributed by atoms with Crippen molar-refractivity contribution in [2.75, 3.05) is 13.1 Å². The lowest BCUT2D eigenvalue weighted by atomic mass is 9.91. The first-order valence-corrected chi connectivity index (χ1v) is 11.0. The van der Waals surface area contributed by atoms with Crippen LogP contribution in [0.1, 0.15) is 59.8 Å². The highest BCUT2D eigenvalue weighted by Crippen LogP contribution is 2.42. The minimum Gasteiger partial charge on any atom is -0.507 e. The van der Waals surface area contributed by atoms with Crippen LogP contribution in [0.3, 0.4) is 0 Å². The van der Waals surface area contributed by atoms with Gasteiger partial charge in [-0.25, -0.2) is 0 Å². The molecule has 2 heterocycles. The van der Waals surface area contributed by atoms with Gasteiger partial charge in [0.1, 0.15) is 11.5 Å². The van der Waals surface area contributed by atoms with Crippen LogP contribution in [0.2, 0.25) is 0 Å². The number of hydrogen-bond acceptors (Lipinski definition) is 4. The van der Waals surface area contributed by atoms with Gasteiger partial charge >= 0.3 is 0 Å². The number of piperidine rings is 1. The van der Waals surface area contributed by atoms with E-state index < -0.39 is 0 Å². The third kappa shape index (κ3) is 4.01. The van der Waals surface area contributed by atoms with E-state index in [4.69, 9.17) is 4.74 Å². The zero-order valence-corrected chi connectivity index (χ0v) is 18.4. The Bertz CT molecular complexity index is 980. The fourth-order valence-electron chi connectivity index (χ4n) is 4.88. The van der Waals surface area contributed by atoms with Crippen LogP contribution < -0.4 is 4.74 Å². The highest BCUT2D eigenvalue weighted by Gasteiger charge is 2.34. The second kappa shape index (κ2) is 8.27. The van der Waals surface area contributed by atoms with Gasteiger partial charge in [-0.3, -0.25) is 9.69 Å². The van der Waals surface area contributed by atoms with E-state index in [-0.39, 0.29) is 11.5 Å². The van der Waals surface area contributed by atoms with Crippen LogP contribution in [0.25, 0.3) is 6.08 Å². The van der Waals surface area contributed by atoms with Crippen molar-refractivity contribution in [2.45, 2.75) is 47.1 Å². The lowest BCUT2D eigenvalue weighted by Crippen LogP contribution is -2.38. The average Bonchev–Trinajstić information content (AvgIpc) is 3.01. The first-order chi connectivity index (χ1) is 14.4. The van der Waals surface area contributed by atoms with Crippen LogP contribution in [-0.4, -0.2) is 28.9 Å². The van der Waals surface area contributed by atoms with Crippen molar-refractivity contribution in [3.05, 3.63) is 63.9 Å². The highest BCUT2D eigenvalue weighted by molar-refractivity contribution is 6.15. The van der Waals surface area contributed by atoms with E-state index in [1.165, 1.54) is 12.0 Å². The van der Waals surface area contributed by atoms with Crippen LogP contribution in [0.5, 0.6) is 11.5 Å². The Kier molecular flexibility index (Phi) is 5.70. The van der Waals surface area contributed by atoms with E-state index in [1.807, 2.05) is 19.1 Å². The number of Topliss-reactive ketones (excluding diaryl/α,β-unsaturated/α-hetero) is 1. The molecule has 0 bridgehead atoms. The molecule has 0 amide bonds. The maximum Gasteiger partial charge on any atom is 0.232 e. The lowest BCUT2D eigenvalue weighted by Gasteiger charge is -2.35. The van der Waals surface area contributed by atoms with Gasteiger partial charge in [-0.2, -0.15) is 0 Å². The molecule has 4 rings (SSSR count). The standard InChI is InChI=1S/C26H31NO3/c1-5-19-6-8-20(9-7-19)12-23-25(29)24-18(4)11-22(28)21(26(24)30-23)15-27-13-16(2)10-17(3)14-27/h6-9,11-12,16-17,28H,5,10,13-15H2,1-4H3/b23-12+. The molecule has 0 aliphatic carbocycles. The van der Waals surface area contributed by atoms with E-state index in [0.29, 0.717) is 35.5 Å². The summed E-state index contributed by atoms with van der Waals surface area (Å²) >= 11 is 0. The molecule has 30 heavy (non-hydrogen) atoms. The number of benzene rings is 2. The Hall–Kier alpha value is -2.59. The first kappa shape index (κ1) is 20.7. The van der Waals surface area contributed by atoms with Crippen molar-refractivity contribution < 1.29 is 14.6 Å². The number of phenolic OH excluding ortho intramolecular Hbond substituents is 1. The van der Waals surface area contributed by atoms with Gasteiger partial charge in [-0.15, -0.1) is 0 Å². The monoisotopic (exact) mass is 405 g/mol. The number of phenols is 1. The molecule has 158 valence electrons. The lowest BCUT2D eigenvalue weighted by molar-refractivity contribution is 0.101. The number of aromatic hydroxyl groups is 1. The van der Waals surface area contributed by atoms with Gasteiger partial charge in [0, 0.05) is 19.6 Å². The Morgan fingerprint density at radius 2 is 1.83 bits per heavy atom. The van der Waals surface area contributed by atoms with Crippen molar-refractivity contribution in [1.29, 1.82) is 0 Å². The molecule has 2 aliphatic rings. The number of rotatable bonds is 4. The molecule has 2 aliphatic heterocycles. The normalized spacial score (nSPS) is 22.9. The van der Waals surface area contributed by atoms with E-state index in [9.17, 15) is 9.90 Å². The minimum atomic E-state index is -0.108. The quantitative estimate of drug-likeness (QED) is 0.696. The Morgan fingerprint density at radius 1 is 1.17 bits per heavy atom. The molecule has 0 radical (unpaired) electrons. The number of aryl methyl sites for hydroxylation is 2. The summed E-state index contributed by atoms with van der Waals surface area (Å²) in [5.74, 6) is 2.20. The number of hydrogen-bond donors (Lipinski definition) is 1. The van der Waals surface area contributed by atoms with E-state index in [0.717, 1.165) is 36.2 Å². The maximum atomic E-state index is 13.1. The van der Waals surface area contributed by atoms with Crippen molar-refractivity contribution in [3.8, 4) is 11.5 Å². The smallest absolute Gasteiger partial charge is 0.232 e. The predicted octanol–water partition coefficient (Wildman–Crippen LogP) is 5.36. The highest BCUT2D eigenvalue weighted by atomic mass is 16.5. The van der Waals surface area contributed by atoms with Gasteiger partial charge < -0.3 is 9.84 Å². The molecule has 0 aromatic heterocycles. The molecular weight excluding hydrogens is 374 g/mol. The Labute approximate surface area is 179 Å². The number of fused-ring (bicyclic) bond motifs is 1. The number of ketones is 1. The van der Waals surface area contributed by atoms with Crippen LogP contribution in [0, 0.1) is 18.8 Å². The number of ether oxygens (including phenoxy) is 1. The second-order valence-electron chi connectivity index (χ2n) is 9.07. The first-order valence-electron chi connectivity index (χ1n) is 11.0. The molecule has 1 saturated heterocycles. The molecule has 1 N–H and O–H groups in total. The van der Waals surface area contributed by atoms with Crippen LogP contribution in [-0.2, 0) is 13.0 Å². The molecular formula is C26H31NO3. The van der Waals surface area contributed by atoms with E-state index >= 15 is 0 Å². The zero-order valence-electron chi connectivity index (χ0n) is 18.4. The largest absolute Gasteiger partial charge is 0.507 e. The Morgan fingerprint density at radius 3 is 2.47 bits per heavy atom. The molecule has 4 heteroatoms. The molecule has 2 atom stereocenters. The number of nitrogens with zero attached hydrogens (tertiary/aromatic N) is 1. The fraction of sp³-hybridized carbons (Fsp3) is 0.423. The van der Waals surface area contributed by atoms with Crippen molar-refractivity contribution in [3.63, 3.8) is 0 Å². The van der Waals surface area contributed by atoms with Gasteiger partial charge in [0.25, 0.3) is 0 Å². The van der Waals surface area contributed by atoms with Crippen LogP contribution in [0.15, 0.2) is 36.1 Å². The summed E-state index contributed by atoms with van der Waals surface area (Å²) in [7, 11) is 0. The summed E-state index contributed by atoms with van der Waals surface area (Å²) in [5, 5.41) is 10.7. The second-order valence-corrected chi connectivity index (χ2v) is 9.07. The third-order valence-corrected chi connectivity index (χ3v) is 6.23. The van der Waals surface area contributed by atoms with Gasteiger partial charge in [0.15, 0.2) is 5.76 Å². The predicted molar refractivity (Wildman–Crippen MR) is 120 cm³/mol. The number of carbonyl (C=O) groups is 1. The van der Waals surface area contributed by atoms with E-state index in [1.54, 1.807) is 12.1 Å². The summed E-state index contributed by atoms with van der Waals surface area (Å²) < 4.78 is 6.09. The average molecular weight is 406 g/mol. The maximum absolute atomic E-state index is 13.1. The fourth-order valence-corrected chi connectivity index (χ4v) is 4.88. The minimum absolute atomic E-state index is 0.108. The number of carbonyl (C=O) groups excluding carboxylic acids is 1.